The summed E-state index contributed by atoms with van der Waals surface area (Å²) in [5, 5.41) is 6.51. The molecule has 0 spiro atoms. The lowest BCUT2D eigenvalue weighted by Crippen LogP contribution is -2.30. The normalized spacial score (nSPS) is 14.6. The van der Waals surface area contributed by atoms with Crippen molar-refractivity contribution in [3.8, 4) is 22.3 Å². The number of anilines is 6. The summed E-state index contributed by atoms with van der Waals surface area (Å²) < 4.78 is 14.6. The molecule has 4 heteroatoms. The maximum atomic E-state index is 7.29. The minimum atomic E-state index is -0.343. The van der Waals surface area contributed by atoms with Gasteiger partial charge in [0.1, 0.15) is 22.3 Å². The topological polar surface area (TPSA) is 32.8 Å². The Morgan fingerprint density at radius 2 is 0.588 bits per heavy atom. The standard InChI is InChI=1S/C64H46N2O2/c1-63(2)51-19-11-13-21-53(51)65(43-27-23-41(24-28-43)39-15-7-5-8-16-39)55-37-35-49-47-33-31-46-45(59(47)67-61(49)57(55)63)32-34-48-50-36-38-56-58(62(50)68-60(46)48)64(3,4)52-20-12-14-22-54(52)66(56)44-29-25-42(26-30-44)40-17-9-6-10-18-40/h5-38H,1-4H3. The van der Waals surface area contributed by atoms with E-state index in [2.05, 4.69) is 244 Å². The monoisotopic (exact) mass is 874 g/mol. The highest BCUT2D eigenvalue weighted by molar-refractivity contribution is 6.24. The number of benzene rings is 10. The summed E-state index contributed by atoms with van der Waals surface area (Å²) in [4.78, 5) is 4.82. The predicted molar refractivity (Wildman–Crippen MR) is 283 cm³/mol. The number of nitrogens with zero attached hydrogens (tertiary/aromatic N) is 2. The van der Waals surface area contributed by atoms with E-state index in [-0.39, 0.29) is 10.8 Å². The fraction of sp³-hybridized carbons (Fsp3) is 0.0938. The Hall–Kier alpha value is -8.34. The molecule has 4 nitrogen and oxygen atoms in total. The van der Waals surface area contributed by atoms with E-state index in [1.54, 1.807) is 0 Å². The SMILES string of the molecule is CC1(C)c2ccccc2N(c2ccc(-c3ccccc3)cc2)c2ccc3c(oc4c3ccc3c4ccc4c5ccc6c(c5oc43)C(C)(C)c3ccccc3N6c3ccc(-c4ccccc4)cc3)c21. The van der Waals surface area contributed by atoms with Gasteiger partial charge in [0.15, 0.2) is 0 Å². The number of fused-ring (bicyclic) bond motifs is 15. The Balaban J connectivity index is 0.941. The molecule has 12 aromatic rings. The highest BCUT2D eigenvalue weighted by Gasteiger charge is 2.41. The molecule has 10 aromatic carbocycles. The summed E-state index contributed by atoms with van der Waals surface area (Å²) in [6.45, 7) is 9.35. The molecule has 2 aromatic heterocycles. The largest absolute Gasteiger partial charge is 0.455 e. The molecular formula is C64H46N2O2. The smallest absolute Gasteiger partial charge is 0.143 e. The van der Waals surface area contributed by atoms with E-state index in [0.29, 0.717) is 0 Å². The van der Waals surface area contributed by atoms with Gasteiger partial charge in [-0.3, -0.25) is 0 Å². The molecule has 0 saturated heterocycles. The molecule has 2 aliphatic heterocycles. The third kappa shape index (κ3) is 5.37. The molecule has 2 aliphatic rings. The van der Waals surface area contributed by atoms with Gasteiger partial charge in [0.2, 0.25) is 0 Å². The minimum Gasteiger partial charge on any atom is -0.455 e. The summed E-state index contributed by atoms with van der Waals surface area (Å²) in [5.74, 6) is 0. The Bertz CT molecular complexity index is 3740. The van der Waals surface area contributed by atoms with Crippen LogP contribution in [0.4, 0.5) is 34.1 Å². The first kappa shape index (κ1) is 38.9. The van der Waals surface area contributed by atoms with Crippen LogP contribution >= 0.6 is 0 Å². The van der Waals surface area contributed by atoms with Crippen LogP contribution in [0.1, 0.15) is 49.9 Å². The first-order valence-corrected chi connectivity index (χ1v) is 23.7. The van der Waals surface area contributed by atoms with Gasteiger partial charge in [-0.05, 0) is 118 Å². The molecule has 4 heterocycles. The number of hydrogen-bond acceptors (Lipinski definition) is 4. The van der Waals surface area contributed by atoms with E-state index < -0.39 is 0 Å². The molecular weight excluding hydrogens is 829 g/mol. The average molecular weight is 875 g/mol. The molecule has 324 valence electrons. The predicted octanol–water partition coefficient (Wildman–Crippen LogP) is 18.2. The van der Waals surface area contributed by atoms with Crippen molar-refractivity contribution in [1.29, 1.82) is 0 Å². The van der Waals surface area contributed by atoms with Gasteiger partial charge in [-0.1, -0.05) is 149 Å². The summed E-state index contributed by atoms with van der Waals surface area (Å²) in [6.07, 6.45) is 0. The molecule has 68 heavy (non-hydrogen) atoms. The first-order chi connectivity index (χ1) is 33.3. The van der Waals surface area contributed by atoms with Crippen LogP contribution in [-0.4, -0.2) is 0 Å². The van der Waals surface area contributed by atoms with Crippen molar-refractivity contribution in [1.82, 2.24) is 0 Å². The molecule has 0 N–H and O–H groups in total. The van der Waals surface area contributed by atoms with Crippen molar-refractivity contribution in [3.05, 3.63) is 229 Å². The Morgan fingerprint density at radius 1 is 0.279 bits per heavy atom. The third-order valence-corrected chi connectivity index (χ3v) is 15.2. The van der Waals surface area contributed by atoms with E-state index >= 15 is 0 Å². The minimum absolute atomic E-state index is 0.343. The van der Waals surface area contributed by atoms with Gasteiger partial charge >= 0.3 is 0 Å². The van der Waals surface area contributed by atoms with E-state index in [1.807, 2.05) is 0 Å². The van der Waals surface area contributed by atoms with Crippen molar-refractivity contribution >= 4 is 88.8 Å². The van der Waals surface area contributed by atoms with E-state index in [0.717, 1.165) is 77.4 Å². The lowest BCUT2D eigenvalue weighted by atomic mass is 9.73. The number of para-hydroxylation sites is 2. The third-order valence-electron chi connectivity index (χ3n) is 15.2. The molecule has 0 amide bonds. The lowest BCUT2D eigenvalue weighted by molar-refractivity contribution is 0.602. The molecule has 0 unspecified atom stereocenters. The molecule has 14 rings (SSSR count). The van der Waals surface area contributed by atoms with Crippen LogP contribution in [0, 0.1) is 0 Å². The van der Waals surface area contributed by atoms with Gasteiger partial charge in [-0.2, -0.15) is 0 Å². The highest BCUT2D eigenvalue weighted by Crippen LogP contribution is 2.57. The highest BCUT2D eigenvalue weighted by atomic mass is 16.3. The summed E-state index contributed by atoms with van der Waals surface area (Å²) in [7, 11) is 0. The second-order valence-electron chi connectivity index (χ2n) is 19.6. The number of rotatable bonds is 4. The molecule has 0 saturated carbocycles. The van der Waals surface area contributed by atoms with Crippen LogP contribution in [0.15, 0.2) is 215 Å². The van der Waals surface area contributed by atoms with E-state index in [1.165, 1.54) is 55.9 Å². The van der Waals surface area contributed by atoms with Crippen molar-refractivity contribution in [2.45, 2.75) is 38.5 Å². The van der Waals surface area contributed by atoms with Crippen LogP contribution in [0.3, 0.4) is 0 Å². The second kappa shape index (κ2) is 14.1. The van der Waals surface area contributed by atoms with E-state index in [4.69, 9.17) is 8.83 Å². The van der Waals surface area contributed by atoms with Gasteiger partial charge < -0.3 is 18.6 Å². The van der Waals surface area contributed by atoms with Crippen molar-refractivity contribution in [2.24, 2.45) is 0 Å². The van der Waals surface area contributed by atoms with Crippen molar-refractivity contribution in [3.63, 3.8) is 0 Å². The lowest BCUT2D eigenvalue weighted by Gasteiger charge is -2.41. The zero-order valence-corrected chi connectivity index (χ0v) is 38.3. The van der Waals surface area contributed by atoms with Crippen LogP contribution in [0.2, 0.25) is 0 Å². The van der Waals surface area contributed by atoms with Crippen LogP contribution < -0.4 is 9.80 Å². The van der Waals surface area contributed by atoms with Crippen molar-refractivity contribution in [2.75, 3.05) is 9.80 Å². The number of furan rings is 2. The van der Waals surface area contributed by atoms with Crippen molar-refractivity contribution < 1.29 is 8.83 Å². The second-order valence-corrected chi connectivity index (χ2v) is 19.6. The van der Waals surface area contributed by atoms with Crippen LogP contribution in [0.25, 0.3) is 76.9 Å². The van der Waals surface area contributed by atoms with Gasteiger partial charge in [0.25, 0.3) is 0 Å². The summed E-state index contributed by atoms with van der Waals surface area (Å²) in [5.41, 5.74) is 19.5. The Labute approximate surface area is 394 Å². The molecule has 0 aliphatic carbocycles. The van der Waals surface area contributed by atoms with Gasteiger partial charge in [-0.15, -0.1) is 0 Å². The van der Waals surface area contributed by atoms with Gasteiger partial charge in [0.05, 0.1) is 22.7 Å². The Kier molecular flexibility index (Phi) is 8.06. The van der Waals surface area contributed by atoms with Crippen LogP contribution in [0.5, 0.6) is 0 Å². The molecule has 0 atom stereocenters. The Morgan fingerprint density at radius 3 is 0.971 bits per heavy atom. The quantitative estimate of drug-likeness (QED) is 0.176. The zero-order valence-electron chi connectivity index (χ0n) is 38.3. The van der Waals surface area contributed by atoms with Gasteiger partial charge in [0, 0.05) is 65.6 Å². The fourth-order valence-electron chi connectivity index (χ4n) is 11.9. The molecule has 0 radical (unpaired) electrons. The number of hydrogen-bond donors (Lipinski definition) is 0. The maximum absolute atomic E-state index is 7.29. The average Bonchev–Trinajstić information content (AvgIpc) is 3.96. The fourth-order valence-corrected chi connectivity index (χ4v) is 11.9. The summed E-state index contributed by atoms with van der Waals surface area (Å²) in [6, 6.07) is 74.8. The van der Waals surface area contributed by atoms with Crippen LogP contribution in [-0.2, 0) is 10.8 Å². The molecule has 0 fully saturated rings. The van der Waals surface area contributed by atoms with E-state index in [9.17, 15) is 0 Å². The zero-order chi connectivity index (χ0) is 45.5. The first-order valence-electron chi connectivity index (χ1n) is 23.7. The summed E-state index contributed by atoms with van der Waals surface area (Å²) >= 11 is 0. The maximum Gasteiger partial charge on any atom is 0.143 e. The van der Waals surface area contributed by atoms with Gasteiger partial charge in [-0.25, -0.2) is 0 Å². The molecule has 0 bridgehead atoms.